The highest BCUT2D eigenvalue weighted by molar-refractivity contribution is 7.47. The van der Waals surface area contributed by atoms with Crippen LogP contribution in [-0.4, -0.2) is 82.1 Å². The topological polar surface area (TPSA) is 216 Å². The number of rotatable bonds is 41. The number of unbranched alkanes of at least 4 members (excludes halogenated alkanes) is 8. The van der Waals surface area contributed by atoms with E-state index in [2.05, 4.69) is 101 Å². The van der Waals surface area contributed by atoms with Crippen molar-refractivity contribution in [3.63, 3.8) is 0 Å². The normalized spacial score (nSPS) is 14.9. The molecule has 14 nitrogen and oxygen atoms in total. The third-order valence-electron chi connectivity index (χ3n) is 8.50. The molecule has 0 aliphatic rings. The maximum absolute atomic E-state index is 12.7. The number of aliphatic hydroxyl groups is 2. The molecular weight excluding hydrogens is 838 g/mol. The number of esters is 2. The second kappa shape index (κ2) is 42.0. The van der Waals surface area contributed by atoms with Crippen LogP contribution in [0.1, 0.15) is 135 Å². The van der Waals surface area contributed by atoms with Gasteiger partial charge in [0.2, 0.25) is 0 Å². The molecular formula is C46H76O14P2. The van der Waals surface area contributed by atoms with E-state index in [0.29, 0.717) is 19.3 Å². The molecule has 3 atom stereocenters. The first kappa shape index (κ1) is 59.0. The summed E-state index contributed by atoms with van der Waals surface area (Å²) in [7, 11) is -9.72. The van der Waals surface area contributed by atoms with Gasteiger partial charge in [-0.05, 0) is 96.3 Å². The molecule has 354 valence electrons. The standard InChI is InChI=1S/C46H76O14P2/c1-2-3-4-5-6-7-8-9-10-12-15-18-21-24-27-30-33-36-45(49)56-41-44(42-59-62(54,55)58-40-43(48)39-57-61(51,52)53)60-46(50)37-34-31-28-25-22-19-16-13-11-14-17-20-23-26-29-32-35-38-47/h3-4,6-7,9-11,14-16,18-20,23,25,28,43-44,47-48H,2,5,8,12-13,17,21-22,24,26-27,29-42H2,1H3,(H,54,55)(H2,51,52,53)/b4-3-,7-6-,10-9-,14-11-,18-15-,19-16-,23-20-,28-25-/t43-,44+/m0/s1. The van der Waals surface area contributed by atoms with Gasteiger partial charge in [-0.3, -0.25) is 23.2 Å². The Balaban J connectivity index is 4.66. The van der Waals surface area contributed by atoms with Crippen molar-refractivity contribution in [3.05, 3.63) is 97.2 Å². The number of hydrogen-bond acceptors (Lipinski definition) is 11. The van der Waals surface area contributed by atoms with Crippen LogP contribution in [0.4, 0.5) is 0 Å². The van der Waals surface area contributed by atoms with Gasteiger partial charge in [0.15, 0.2) is 6.10 Å². The first-order chi connectivity index (χ1) is 29.9. The zero-order valence-electron chi connectivity index (χ0n) is 36.9. The SMILES string of the molecule is CC/C=C\C/C=C\C/C=C\C/C=C\CCCCCCC(=O)OC[C@H](COP(=O)(O)OC[C@@H](O)COP(=O)(O)O)OC(=O)CCC/C=C\C/C=C\C/C=C\C/C=C\CCCCCO. The van der Waals surface area contributed by atoms with Crippen molar-refractivity contribution >= 4 is 27.6 Å². The fourth-order valence-electron chi connectivity index (χ4n) is 5.19. The van der Waals surface area contributed by atoms with E-state index in [1.165, 1.54) is 0 Å². The molecule has 62 heavy (non-hydrogen) atoms. The van der Waals surface area contributed by atoms with Gasteiger partial charge in [0, 0.05) is 19.4 Å². The zero-order chi connectivity index (χ0) is 45.8. The number of ether oxygens (including phenoxy) is 2. The lowest BCUT2D eigenvalue weighted by Crippen LogP contribution is -2.29. The van der Waals surface area contributed by atoms with Gasteiger partial charge in [-0.2, -0.15) is 0 Å². The van der Waals surface area contributed by atoms with Crippen LogP contribution in [0.3, 0.4) is 0 Å². The highest BCUT2D eigenvalue weighted by atomic mass is 31.2. The number of phosphoric ester groups is 2. The molecule has 0 aromatic heterocycles. The van der Waals surface area contributed by atoms with Crippen LogP contribution in [-0.2, 0) is 41.8 Å². The van der Waals surface area contributed by atoms with Gasteiger partial charge in [-0.1, -0.05) is 123 Å². The minimum atomic E-state index is -4.88. The van der Waals surface area contributed by atoms with Gasteiger partial charge in [-0.15, -0.1) is 0 Å². The maximum Gasteiger partial charge on any atom is 0.472 e. The number of phosphoric acid groups is 2. The van der Waals surface area contributed by atoms with E-state index >= 15 is 0 Å². The summed E-state index contributed by atoms with van der Waals surface area (Å²) in [5.41, 5.74) is 0. The lowest BCUT2D eigenvalue weighted by molar-refractivity contribution is -0.161. The minimum Gasteiger partial charge on any atom is -0.462 e. The van der Waals surface area contributed by atoms with E-state index in [1.807, 2.05) is 12.2 Å². The lowest BCUT2D eigenvalue weighted by atomic mass is 10.1. The summed E-state index contributed by atoms with van der Waals surface area (Å²) in [6.45, 7) is -0.462. The molecule has 0 radical (unpaired) electrons. The van der Waals surface area contributed by atoms with Crippen molar-refractivity contribution in [1.82, 2.24) is 0 Å². The Bertz CT molecular complexity index is 1460. The fraction of sp³-hybridized carbons (Fsp3) is 0.609. The van der Waals surface area contributed by atoms with E-state index in [1.54, 1.807) is 0 Å². The van der Waals surface area contributed by atoms with Crippen LogP contribution in [0.5, 0.6) is 0 Å². The van der Waals surface area contributed by atoms with Crippen LogP contribution in [0.2, 0.25) is 0 Å². The van der Waals surface area contributed by atoms with Gasteiger partial charge in [-0.25, -0.2) is 9.13 Å². The number of carbonyl (C=O) groups is 2. The van der Waals surface area contributed by atoms with Crippen LogP contribution in [0.15, 0.2) is 97.2 Å². The molecule has 0 saturated carbocycles. The van der Waals surface area contributed by atoms with Crippen LogP contribution in [0.25, 0.3) is 0 Å². The lowest BCUT2D eigenvalue weighted by Gasteiger charge is -2.20. The molecule has 0 fully saturated rings. The Labute approximate surface area is 371 Å². The molecule has 0 aromatic carbocycles. The molecule has 0 aliphatic heterocycles. The third kappa shape index (κ3) is 45.0. The summed E-state index contributed by atoms with van der Waals surface area (Å²) in [6.07, 6.45) is 47.0. The Kier molecular flexibility index (Phi) is 39.9. The number of aliphatic hydroxyl groups excluding tert-OH is 2. The molecule has 0 aromatic rings. The summed E-state index contributed by atoms with van der Waals surface area (Å²) >= 11 is 0. The second-order valence-electron chi connectivity index (χ2n) is 14.3. The van der Waals surface area contributed by atoms with Gasteiger partial charge in [0.25, 0.3) is 0 Å². The number of carbonyl (C=O) groups excluding carboxylic acids is 2. The minimum absolute atomic E-state index is 0.0342. The van der Waals surface area contributed by atoms with E-state index in [-0.39, 0.29) is 19.4 Å². The quantitative estimate of drug-likeness (QED) is 0.0167. The largest absolute Gasteiger partial charge is 0.472 e. The van der Waals surface area contributed by atoms with Crippen molar-refractivity contribution in [2.45, 2.75) is 148 Å². The molecule has 0 bridgehead atoms. The Morgan fingerprint density at radius 1 is 0.500 bits per heavy atom. The summed E-state index contributed by atoms with van der Waals surface area (Å²) in [6, 6.07) is 0. The van der Waals surface area contributed by atoms with Gasteiger partial charge >= 0.3 is 27.6 Å². The summed E-state index contributed by atoms with van der Waals surface area (Å²) < 4.78 is 47.7. The van der Waals surface area contributed by atoms with E-state index in [4.69, 9.17) is 28.9 Å². The Morgan fingerprint density at radius 3 is 1.42 bits per heavy atom. The molecule has 0 spiro atoms. The van der Waals surface area contributed by atoms with E-state index in [9.17, 15) is 28.7 Å². The Morgan fingerprint density at radius 2 is 0.919 bits per heavy atom. The smallest absolute Gasteiger partial charge is 0.462 e. The average molecular weight is 915 g/mol. The van der Waals surface area contributed by atoms with Gasteiger partial charge < -0.3 is 34.4 Å². The number of hydrogen-bond donors (Lipinski definition) is 5. The molecule has 5 N–H and O–H groups in total. The zero-order valence-corrected chi connectivity index (χ0v) is 38.7. The molecule has 0 aliphatic carbocycles. The van der Waals surface area contributed by atoms with Crippen LogP contribution >= 0.6 is 15.6 Å². The van der Waals surface area contributed by atoms with Crippen molar-refractivity contribution in [2.75, 3.05) is 33.0 Å². The molecule has 1 unspecified atom stereocenters. The van der Waals surface area contributed by atoms with E-state index < -0.39 is 66.2 Å². The van der Waals surface area contributed by atoms with Crippen LogP contribution < -0.4 is 0 Å². The summed E-state index contributed by atoms with van der Waals surface area (Å²) in [5, 5.41) is 18.5. The summed E-state index contributed by atoms with van der Waals surface area (Å²) in [5.74, 6) is -1.15. The average Bonchev–Trinajstić information content (AvgIpc) is 3.23. The van der Waals surface area contributed by atoms with Gasteiger partial charge in [0.1, 0.15) is 12.7 Å². The van der Waals surface area contributed by atoms with Crippen molar-refractivity contribution < 1.29 is 66.7 Å². The predicted octanol–water partition coefficient (Wildman–Crippen LogP) is 10.3. The van der Waals surface area contributed by atoms with Crippen molar-refractivity contribution in [2.24, 2.45) is 0 Å². The fourth-order valence-corrected chi connectivity index (χ4v) is 6.35. The highest BCUT2D eigenvalue weighted by Crippen LogP contribution is 2.43. The molecule has 16 heteroatoms. The monoisotopic (exact) mass is 914 g/mol. The van der Waals surface area contributed by atoms with E-state index in [0.717, 1.165) is 96.3 Å². The highest BCUT2D eigenvalue weighted by Gasteiger charge is 2.28. The van der Waals surface area contributed by atoms with Gasteiger partial charge in [0.05, 0.1) is 19.8 Å². The Hall–Kier alpha value is -3.00. The maximum atomic E-state index is 12.7. The van der Waals surface area contributed by atoms with Crippen LogP contribution in [0, 0.1) is 0 Å². The number of allylic oxidation sites excluding steroid dienone is 16. The predicted molar refractivity (Wildman–Crippen MR) is 245 cm³/mol. The summed E-state index contributed by atoms with van der Waals surface area (Å²) in [4.78, 5) is 52.7. The first-order valence-electron chi connectivity index (χ1n) is 22.0. The third-order valence-corrected chi connectivity index (χ3v) is 9.94. The molecule has 0 saturated heterocycles. The van der Waals surface area contributed by atoms with Crippen molar-refractivity contribution in [3.8, 4) is 0 Å². The first-order valence-corrected chi connectivity index (χ1v) is 25.1. The molecule has 0 heterocycles. The molecule has 0 amide bonds. The molecule has 0 rings (SSSR count). The van der Waals surface area contributed by atoms with Crippen molar-refractivity contribution in [1.29, 1.82) is 0 Å². The second-order valence-corrected chi connectivity index (χ2v) is 17.0.